The molecule has 1 aromatic carbocycles. The van der Waals surface area contributed by atoms with E-state index in [2.05, 4.69) is 26.9 Å². The van der Waals surface area contributed by atoms with Gasteiger partial charge >= 0.3 is 0 Å². The zero-order chi connectivity index (χ0) is 24.5. The van der Waals surface area contributed by atoms with Crippen molar-refractivity contribution in [3.05, 3.63) is 40.1 Å². The highest BCUT2D eigenvalue weighted by molar-refractivity contribution is 7.89. The number of hydrogen-bond donors (Lipinski definition) is 1. The molecule has 216 valence electrons. The molecule has 1 fully saturated rings. The van der Waals surface area contributed by atoms with E-state index in [9.17, 15) is 13.2 Å². The number of nitrogens with one attached hydrogen (secondary N) is 1. The van der Waals surface area contributed by atoms with Crippen LogP contribution in [0.2, 0.25) is 0 Å². The molecule has 0 unspecified atom stereocenters. The summed E-state index contributed by atoms with van der Waals surface area (Å²) in [5, 5.41) is 4.65. The summed E-state index contributed by atoms with van der Waals surface area (Å²) in [6.07, 6.45) is 1.52. The van der Waals surface area contributed by atoms with Crippen LogP contribution in [-0.2, 0) is 16.4 Å². The van der Waals surface area contributed by atoms with Gasteiger partial charge in [-0.15, -0.1) is 5.10 Å². The highest BCUT2D eigenvalue weighted by atomic mass is 35.5. The Labute approximate surface area is 228 Å². The Morgan fingerprint density at radius 3 is 2.29 bits per heavy atom. The number of ether oxygens (including phenoxy) is 1. The van der Waals surface area contributed by atoms with Crippen molar-refractivity contribution in [2.24, 2.45) is 0 Å². The molecule has 0 aliphatic carbocycles. The minimum Gasteiger partial charge on any atom is -1.00 e. The van der Waals surface area contributed by atoms with Crippen molar-refractivity contribution < 1.29 is 42.0 Å². The number of rotatable bonds is 8. The van der Waals surface area contributed by atoms with Crippen LogP contribution in [-0.4, -0.2) is 93.0 Å². The van der Waals surface area contributed by atoms with E-state index in [1.54, 1.807) is 29.6 Å². The zero-order valence-corrected chi connectivity index (χ0v) is 23.6. The molecule has 3 aromatic rings. The minimum atomic E-state index is -3.71. The van der Waals surface area contributed by atoms with E-state index in [1.807, 2.05) is 13.8 Å². The van der Waals surface area contributed by atoms with Gasteiger partial charge in [0.15, 0.2) is 11.3 Å². The van der Waals surface area contributed by atoms with Gasteiger partial charge < -0.3 is 43.5 Å². The van der Waals surface area contributed by atoms with Crippen LogP contribution in [0.15, 0.2) is 27.9 Å². The van der Waals surface area contributed by atoms with Crippen LogP contribution >= 0.6 is 0 Å². The number of aromatic amines is 1. The second-order valence-electron chi connectivity index (χ2n) is 8.36. The first-order valence-corrected chi connectivity index (χ1v) is 13.2. The van der Waals surface area contributed by atoms with E-state index in [4.69, 9.17) is 4.74 Å². The van der Waals surface area contributed by atoms with Gasteiger partial charge in [-0.2, -0.15) is 4.31 Å². The predicted molar refractivity (Wildman–Crippen MR) is 141 cm³/mol. The number of imidazole rings is 1. The average molecular weight is 578 g/mol. The number of aryl methyl sites for hydroxylation is 2. The largest absolute Gasteiger partial charge is 1.00 e. The summed E-state index contributed by atoms with van der Waals surface area (Å²) in [6.45, 7) is 11.3. The number of benzene rings is 1. The lowest BCUT2D eigenvalue weighted by molar-refractivity contribution is -0.0000141. The molecule has 0 spiro atoms. The van der Waals surface area contributed by atoms with E-state index in [0.717, 1.165) is 13.0 Å². The lowest BCUT2D eigenvalue weighted by Crippen LogP contribution is -3.00. The molecule has 3 heterocycles. The third-order valence-electron chi connectivity index (χ3n) is 6.14. The van der Waals surface area contributed by atoms with Gasteiger partial charge in [-0.05, 0) is 45.0 Å². The number of piperazine rings is 1. The lowest BCUT2D eigenvalue weighted by atomic mass is 10.2. The summed E-state index contributed by atoms with van der Waals surface area (Å²) >= 11 is 0. The molecule has 0 radical (unpaired) electrons. The van der Waals surface area contributed by atoms with Gasteiger partial charge in [0.2, 0.25) is 10.0 Å². The van der Waals surface area contributed by atoms with Crippen molar-refractivity contribution >= 4 is 15.5 Å². The van der Waals surface area contributed by atoms with Crippen LogP contribution in [0.5, 0.6) is 5.75 Å². The number of hydrogen-bond acceptors (Lipinski definition) is 7. The Kier molecular flexibility index (Phi) is 13.5. The van der Waals surface area contributed by atoms with Crippen molar-refractivity contribution in [3.8, 4) is 17.1 Å². The molecule has 0 saturated carbocycles. The topological polar surface area (TPSA) is 207 Å². The fraction of sp³-hybridized carbons (Fsp3) is 0.522. The number of nitrogens with zero attached hydrogens (tertiary/aromatic N) is 5. The molecule has 1 aliphatic rings. The van der Waals surface area contributed by atoms with E-state index in [0.29, 0.717) is 67.6 Å². The third-order valence-corrected chi connectivity index (χ3v) is 8.03. The standard InChI is InChI=1S/C23H32N6O4S.ClH.3H2O/c1-5-8-20-24-16(4)21-23(30)25-22(26-29(20)21)18-15-17(9-10-19(18)33-7-3)34(31,32)28-13-11-27(6-2)12-14-28;;;;/h9-10,15H,5-8,11-14H2,1-4H3,(H,25,26,30);1H;3*1H2/p-1. The summed E-state index contributed by atoms with van der Waals surface area (Å²) in [5.74, 6) is 1.38. The molecule has 13 nitrogen and oxygen atoms in total. The first-order valence-electron chi connectivity index (χ1n) is 11.8. The summed E-state index contributed by atoms with van der Waals surface area (Å²) in [4.78, 5) is 22.6. The number of H-pyrrole nitrogens is 1. The van der Waals surface area contributed by atoms with Crippen LogP contribution < -0.4 is 22.7 Å². The molecule has 4 rings (SSSR count). The van der Waals surface area contributed by atoms with Gasteiger partial charge in [0.05, 0.1) is 22.8 Å². The number of fused-ring (bicyclic) bond motifs is 1. The van der Waals surface area contributed by atoms with Gasteiger partial charge in [-0.1, -0.05) is 13.8 Å². The van der Waals surface area contributed by atoms with Crippen LogP contribution in [0.1, 0.15) is 38.7 Å². The lowest BCUT2D eigenvalue weighted by Gasteiger charge is -2.33. The maximum atomic E-state index is 13.4. The van der Waals surface area contributed by atoms with Crippen molar-refractivity contribution in [2.45, 2.75) is 45.4 Å². The predicted octanol–water partition coefficient (Wildman–Crippen LogP) is -3.40. The Balaban J connectivity index is 0.00000342. The first kappa shape index (κ1) is 35.4. The molecular formula is C23H38ClN6O7S-. The Bertz CT molecular complexity index is 1350. The van der Waals surface area contributed by atoms with Crippen LogP contribution in [0.4, 0.5) is 0 Å². The van der Waals surface area contributed by atoms with Gasteiger partial charge in [-0.3, -0.25) is 4.79 Å². The first-order chi connectivity index (χ1) is 16.3. The fourth-order valence-corrected chi connectivity index (χ4v) is 5.76. The van der Waals surface area contributed by atoms with Crippen molar-refractivity contribution in [1.29, 1.82) is 0 Å². The van der Waals surface area contributed by atoms with E-state index in [1.165, 1.54) is 4.31 Å². The second kappa shape index (κ2) is 14.5. The number of aromatic nitrogens is 4. The summed E-state index contributed by atoms with van der Waals surface area (Å²) in [5.41, 5.74) is 1.09. The normalized spacial score (nSPS) is 14.1. The molecule has 0 atom stereocenters. The van der Waals surface area contributed by atoms with Crippen molar-refractivity contribution in [1.82, 2.24) is 28.8 Å². The smallest absolute Gasteiger partial charge is 0.277 e. The Morgan fingerprint density at radius 2 is 1.71 bits per heavy atom. The highest BCUT2D eigenvalue weighted by Crippen LogP contribution is 2.31. The average Bonchev–Trinajstić information content (AvgIpc) is 3.15. The monoisotopic (exact) mass is 577 g/mol. The molecule has 7 N–H and O–H groups in total. The van der Waals surface area contributed by atoms with Crippen LogP contribution in [0, 0.1) is 6.92 Å². The number of likely N-dealkylation sites (N-methyl/N-ethyl adjacent to an activating group) is 1. The Morgan fingerprint density at radius 1 is 1.05 bits per heavy atom. The molecule has 0 bridgehead atoms. The maximum absolute atomic E-state index is 13.4. The van der Waals surface area contributed by atoms with E-state index < -0.39 is 10.0 Å². The SMILES string of the molecule is CCCc1nc(C)c2c(=O)[nH]c(-c3cc(S(=O)(=O)N4CCN(CC)CC4)ccc3OCC)nn12.O.O.O.[Cl-]. The summed E-state index contributed by atoms with van der Waals surface area (Å²) in [7, 11) is -3.71. The van der Waals surface area contributed by atoms with Gasteiger partial charge in [0, 0.05) is 32.6 Å². The Hall–Kier alpha value is -2.59. The maximum Gasteiger partial charge on any atom is 0.277 e. The van der Waals surface area contributed by atoms with Gasteiger partial charge in [0.25, 0.3) is 5.56 Å². The molecule has 1 aliphatic heterocycles. The fourth-order valence-electron chi connectivity index (χ4n) is 4.31. The van der Waals surface area contributed by atoms with Gasteiger partial charge in [0.1, 0.15) is 11.6 Å². The molecule has 15 heteroatoms. The van der Waals surface area contributed by atoms with Crippen LogP contribution in [0.25, 0.3) is 16.9 Å². The van der Waals surface area contributed by atoms with Gasteiger partial charge in [-0.25, -0.2) is 17.9 Å². The minimum absolute atomic E-state index is 0. The molecule has 2 aromatic heterocycles. The summed E-state index contributed by atoms with van der Waals surface area (Å²) < 4.78 is 35.7. The van der Waals surface area contributed by atoms with E-state index >= 15 is 0 Å². The quantitative estimate of drug-likeness (QED) is 0.286. The van der Waals surface area contributed by atoms with E-state index in [-0.39, 0.29) is 45.1 Å². The highest BCUT2D eigenvalue weighted by Gasteiger charge is 2.29. The number of halogens is 1. The summed E-state index contributed by atoms with van der Waals surface area (Å²) in [6, 6.07) is 4.72. The molecular weight excluding hydrogens is 540 g/mol. The van der Waals surface area contributed by atoms with Crippen molar-refractivity contribution in [2.75, 3.05) is 39.3 Å². The zero-order valence-electron chi connectivity index (χ0n) is 22.0. The molecule has 1 saturated heterocycles. The number of sulfonamides is 1. The third kappa shape index (κ3) is 6.69. The molecule has 0 amide bonds. The molecule has 38 heavy (non-hydrogen) atoms. The van der Waals surface area contributed by atoms with Crippen LogP contribution in [0.3, 0.4) is 0 Å². The van der Waals surface area contributed by atoms with Crippen molar-refractivity contribution in [3.63, 3.8) is 0 Å². The second-order valence-corrected chi connectivity index (χ2v) is 10.3.